The fraction of sp³-hybridized carbons (Fsp3) is 0.481. The normalized spacial score (nSPS) is 18.9. The predicted molar refractivity (Wildman–Crippen MR) is 137 cm³/mol. The number of benzene rings is 1. The molecule has 7 heteroatoms. The van der Waals surface area contributed by atoms with Crippen molar-refractivity contribution < 1.29 is 0 Å². The largest absolute Gasteiger partial charge is 0.382 e. The highest BCUT2D eigenvalue weighted by Gasteiger charge is 2.23. The van der Waals surface area contributed by atoms with Crippen LogP contribution in [0.2, 0.25) is 0 Å². The zero-order valence-electron chi connectivity index (χ0n) is 20.3. The lowest BCUT2D eigenvalue weighted by molar-refractivity contribution is 0.101. The molecule has 0 amide bonds. The van der Waals surface area contributed by atoms with Crippen LogP contribution in [0, 0.1) is 5.41 Å². The molecule has 2 atom stereocenters. The average molecular weight is 461 g/mol. The van der Waals surface area contributed by atoms with Crippen LogP contribution in [-0.4, -0.2) is 43.9 Å². The molecule has 7 nitrogen and oxygen atoms in total. The minimum absolute atomic E-state index is 0.0204. The monoisotopic (exact) mass is 460 g/mol. The summed E-state index contributed by atoms with van der Waals surface area (Å²) < 4.78 is 1.92. The van der Waals surface area contributed by atoms with E-state index in [9.17, 15) is 4.79 Å². The first-order valence-corrected chi connectivity index (χ1v) is 12.5. The maximum atomic E-state index is 13.4. The first-order chi connectivity index (χ1) is 16.4. The van der Waals surface area contributed by atoms with Gasteiger partial charge < -0.3 is 10.3 Å². The molecular formula is C27H36N6O. The van der Waals surface area contributed by atoms with Gasteiger partial charge in [-0.3, -0.25) is 20.1 Å². The number of nitrogen functional groups attached to an aromatic ring is 1. The van der Waals surface area contributed by atoms with Gasteiger partial charge in [0.15, 0.2) is 0 Å². The highest BCUT2D eigenvalue weighted by molar-refractivity contribution is 5.92. The van der Waals surface area contributed by atoms with E-state index in [-0.39, 0.29) is 11.4 Å². The number of para-hydroxylation sites is 1. The topological polar surface area (TPSA) is 101 Å². The van der Waals surface area contributed by atoms with Crippen LogP contribution in [0.4, 0.5) is 0 Å². The van der Waals surface area contributed by atoms with Crippen LogP contribution < -0.4 is 11.3 Å². The molecular weight excluding hydrogens is 424 g/mol. The van der Waals surface area contributed by atoms with Crippen LogP contribution >= 0.6 is 0 Å². The Morgan fingerprint density at radius 3 is 2.59 bits per heavy atom. The van der Waals surface area contributed by atoms with Crippen molar-refractivity contribution >= 4 is 16.7 Å². The molecule has 1 aromatic carbocycles. The molecule has 0 saturated carbocycles. The summed E-state index contributed by atoms with van der Waals surface area (Å²) in [5.74, 6) is -0.126. The van der Waals surface area contributed by atoms with Crippen molar-refractivity contribution in [1.82, 2.24) is 19.4 Å². The first kappa shape index (κ1) is 24.1. The Morgan fingerprint density at radius 1 is 1.09 bits per heavy atom. The number of piperidine rings is 1. The van der Waals surface area contributed by atoms with Gasteiger partial charge in [0.2, 0.25) is 0 Å². The molecule has 0 unspecified atom stereocenters. The number of amidine groups is 1. The van der Waals surface area contributed by atoms with E-state index < -0.39 is 0 Å². The van der Waals surface area contributed by atoms with Crippen molar-refractivity contribution in [3.05, 3.63) is 70.0 Å². The lowest BCUT2D eigenvalue weighted by Gasteiger charge is -2.39. The highest BCUT2D eigenvalue weighted by Crippen LogP contribution is 2.23. The fourth-order valence-corrected chi connectivity index (χ4v) is 5.21. The van der Waals surface area contributed by atoms with E-state index >= 15 is 0 Å². The van der Waals surface area contributed by atoms with Crippen LogP contribution in [0.3, 0.4) is 0 Å². The van der Waals surface area contributed by atoms with Crippen molar-refractivity contribution in [2.75, 3.05) is 6.54 Å². The van der Waals surface area contributed by atoms with Crippen LogP contribution in [-0.2, 0) is 13.0 Å². The number of nitrogens with two attached hydrogens (primary N) is 1. The van der Waals surface area contributed by atoms with Crippen molar-refractivity contribution in [2.24, 2.45) is 5.73 Å². The summed E-state index contributed by atoms with van der Waals surface area (Å²) in [4.78, 5) is 24.6. The Morgan fingerprint density at radius 2 is 1.82 bits per heavy atom. The minimum atomic E-state index is -0.126. The molecule has 3 N–H and O–H groups in total. The molecule has 0 radical (unpaired) electrons. The number of pyridine rings is 1. The molecule has 1 aliphatic heterocycles. The summed E-state index contributed by atoms with van der Waals surface area (Å²) in [5, 5.41) is 8.65. The van der Waals surface area contributed by atoms with Crippen molar-refractivity contribution in [1.29, 1.82) is 5.41 Å². The Kier molecular flexibility index (Phi) is 7.73. The summed E-state index contributed by atoms with van der Waals surface area (Å²) in [7, 11) is 0. The van der Waals surface area contributed by atoms with Crippen LogP contribution in [0.25, 0.3) is 10.9 Å². The Hall–Kier alpha value is -3.06. The third-order valence-electron chi connectivity index (χ3n) is 7.08. The number of aryl methyl sites for hydroxylation is 1. The van der Waals surface area contributed by atoms with Crippen molar-refractivity contribution in [3.8, 4) is 0 Å². The van der Waals surface area contributed by atoms with Gasteiger partial charge in [0.1, 0.15) is 11.5 Å². The smallest absolute Gasteiger partial charge is 0.254 e. The van der Waals surface area contributed by atoms with Crippen LogP contribution in [0.1, 0.15) is 69.3 Å². The summed E-state index contributed by atoms with van der Waals surface area (Å²) >= 11 is 0. The van der Waals surface area contributed by atoms with Gasteiger partial charge in [0.25, 0.3) is 5.56 Å². The molecule has 2 aromatic heterocycles. The van der Waals surface area contributed by atoms with Crippen LogP contribution in [0.15, 0.2) is 47.5 Å². The van der Waals surface area contributed by atoms with Gasteiger partial charge in [0.05, 0.1) is 17.4 Å². The molecule has 180 valence electrons. The van der Waals surface area contributed by atoms with Gasteiger partial charge in [-0.05, 0) is 63.6 Å². The molecule has 4 rings (SSSR count). The van der Waals surface area contributed by atoms with E-state index in [4.69, 9.17) is 11.1 Å². The quantitative estimate of drug-likeness (QED) is 0.284. The lowest BCUT2D eigenvalue weighted by atomic mass is 9.97. The summed E-state index contributed by atoms with van der Waals surface area (Å²) in [6.07, 6.45) is 10.7. The second-order valence-electron chi connectivity index (χ2n) is 9.60. The van der Waals surface area contributed by atoms with E-state index in [1.807, 2.05) is 34.9 Å². The number of likely N-dealkylation sites (tertiary alicyclic amines) is 1. The molecule has 0 aliphatic carbocycles. The van der Waals surface area contributed by atoms with Crippen molar-refractivity contribution in [3.63, 3.8) is 0 Å². The predicted octanol–water partition coefficient (Wildman–Crippen LogP) is 4.10. The van der Waals surface area contributed by atoms with E-state index in [0.29, 0.717) is 42.0 Å². The number of hydrogen-bond donors (Lipinski definition) is 2. The zero-order chi connectivity index (χ0) is 24.1. The van der Waals surface area contributed by atoms with Gasteiger partial charge in [-0.25, -0.2) is 4.98 Å². The summed E-state index contributed by atoms with van der Waals surface area (Å²) in [6.45, 7) is 6.55. The molecule has 3 aromatic rings. The summed E-state index contributed by atoms with van der Waals surface area (Å²) in [6, 6.07) is 11.4. The number of hydrogen-bond acceptors (Lipinski definition) is 5. The molecule has 1 aliphatic rings. The van der Waals surface area contributed by atoms with E-state index in [2.05, 4.69) is 28.7 Å². The third-order valence-corrected chi connectivity index (χ3v) is 7.08. The zero-order valence-corrected chi connectivity index (χ0v) is 20.3. The lowest BCUT2D eigenvalue weighted by Crippen LogP contribution is -2.44. The van der Waals surface area contributed by atoms with E-state index in [1.165, 1.54) is 25.5 Å². The van der Waals surface area contributed by atoms with E-state index in [1.54, 1.807) is 6.20 Å². The number of nitrogens with one attached hydrogen (secondary N) is 1. The molecule has 34 heavy (non-hydrogen) atoms. The second kappa shape index (κ2) is 10.9. The van der Waals surface area contributed by atoms with Gasteiger partial charge >= 0.3 is 0 Å². The van der Waals surface area contributed by atoms with Gasteiger partial charge in [-0.15, -0.1) is 0 Å². The highest BCUT2D eigenvalue weighted by atomic mass is 16.1. The van der Waals surface area contributed by atoms with Gasteiger partial charge in [0, 0.05) is 36.8 Å². The Labute approximate surface area is 201 Å². The number of nitrogens with zero attached hydrogens (tertiary/aromatic N) is 4. The Balaban J connectivity index is 1.47. The Bertz CT molecular complexity index is 1190. The molecule has 0 spiro atoms. The average Bonchev–Trinajstić information content (AvgIpc) is 2.82. The molecule has 0 bridgehead atoms. The third kappa shape index (κ3) is 5.53. The van der Waals surface area contributed by atoms with Crippen molar-refractivity contribution in [2.45, 2.75) is 77.4 Å². The fourth-order valence-electron chi connectivity index (χ4n) is 5.21. The number of unbranched alkanes of at least 4 members (excludes halogenated alkanes) is 2. The van der Waals surface area contributed by atoms with Crippen LogP contribution in [0.5, 0.6) is 0 Å². The number of aromatic nitrogens is 3. The summed E-state index contributed by atoms with van der Waals surface area (Å²) in [5.41, 5.74) is 8.20. The second-order valence-corrected chi connectivity index (χ2v) is 9.60. The molecule has 3 heterocycles. The maximum Gasteiger partial charge on any atom is 0.254 e. The SMILES string of the molecule is C[C@@H]1CCC[C@H](C)N1CCCCCn1c(=O)c(Cc2cncc(C(=N)N)n2)cc2ccccc21. The van der Waals surface area contributed by atoms with E-state index in [0.717, 1.165) is 36.7 Å². The molecule has 1 saturated heterocycles. The minimum Gasteiger partial charge on any atom is -0.382 e. The maximum absolute atomic E-state index is 13.4. The standard InChI is InChI=1S/C27H36N6O/c1-19-9-8-10-20(2)32(19)13-6-3-7-14-33-25-12-5-4-11-21(25)15-22(27(33)34)16-23-17-30-18-24(31-23)26(28)29/h4-5,11-12,15,17-20H,3,6-10,13-14,16H2,1-2H3,(H3,28,29)/t19-,20+. The van der Waals surface area contributed by atoms with Gasteiger partial charge in [-0.1, -0.05) is 31.0 Å². The van der Waals surface area contributed by atoms with Gasteiger partial charge in [-0.2, -0.15) is 0 Å². The number of rotatable bonds is 9. The number of fused-ring (bicyclic) bond motifs is 1. The first-order valence-electron chi connectivity index (χ1n) is 12.5. The molecule has 1 fully saturated rings.